The smallest absolute Gasteiger partial charge is 0.214 e. The molecule has 0 aliphatic rings. The number of thioether (sulfide) groups is 1. The number of nitrogens with zero attached hydrogens (tertiary/aromatic N) is 1. The summed E-state index contributed by atoms with van der Waals surface area (Å²) in [5.74, 6) is 0.596. The molecule has 0 aliphatic carbocycles. The van der Waals surface area contributed by atoms with Crippen LogP contribution in [0.5, 0.6) is 5.88 Å². The van der Waals surface area contributed by atoms with E-state index in [2.05, 4.69) is 4.98 Å². The molecular weight excluding hydrogens is 208 g/mol. The van der Waals surface area contributed by atoms with Crippen LogP contribution in [-0.2, 0) is 0 Å². The number of hydrogen-bond acceptors (Lipinski definition) is 4. The lowest BCUT2D eigenvalue weighted by molar-refractivity contribution is 0.232. The Hall–Kier alpha value is -1.03. The first kappa shape index (κ1) is 12.0. The number of aryl methyl sites for hydroxylation is 1. The fraction of sp³-hybridized carbons (Fsp3) is 0.455. The van der Waals surface area contributed by atoms with E-state index in [9.17, 15) is 0 Å². The van der Waals surface area contributed by atoms with Crippen LogP contribution in [0.25, 0.3) is 0 Å². The highest BCUT2D eigenvalue weighted by Crippen LogP contribution is 2.17. The lowest BCUT2D eigenvalue weighted by atomic mass is 10.2. The Balaban J connectivity index is 2.99. The Morgan fingerprint density at radius 2 is 2.13 bits per heavy atom. The van der Waals surface area contributed by atoms with Crippen molar-refractivity contribution in [2.24, 2.45) is 0 Å². The molecule has 0 bridgehead atoms. The van der Waals surface area contributed by atoms with E-state index in [1.165, 1.54) is 11.8 Å². The highest BCUT2D eigenvalue weighted by Gasteiger charge is 2.06. The van der Waals surface area contributed by atoms with E-state index in [1.807, 2.05) is 39.2 Å². The molecule has 1 aromatic heterocycles. The molecule has 0 spiro atoms. The van der Waals surface area contributed by atoms with E-state index in [-0.39, 0.29) is 6.10 Å². The van der Waals surface area contributed by atoms with Crippen LogP contribution in [0.1, 0.15) is 25.1 Å². The molecule has 3 nitrogen and oxygen atoms in total. The Morgan fingerprint density at radius 1 is 1.47 bits per heavy atom. The van der Waals surface area contributed by atoms with Crippen LogP contribution >= 0.6 is 11.8 Å². The van der Waals surface area contributed by atoms with Gasteiger partial charge in [0, 0.05) is 17.3 Å². The first-order valence-corrected chi connectivity index (χ1v) is 6.03. The third kappa shape index (κ3) is 3.55. The summed E-state index contributed by atoms with van der Waals surface area (Å²) < 4.78 is 5.51. The maximum absolute atomic E-state index is 7.73. The molecule has 4 heteroatoms. The van der Waals surface area contributed by atoms with Gasteiger partial charge in [-0.25, -0.2) is 4.98 Å². The quantitative estimate of drug-likeness (QED) is 0.634. The standard InChI is InChI=1S/C11H16N2OS/c1-7(2)14-10-6-9(11(12)15-4)5-8(3)13-10/h5-7,12H,1-4H3. The Kier molecular flexibility index (Phi) is 4.15. The summed E-state index contributed by atoms with van der Waals surface area (Å²) in [6.45, 7) is 5.83. The minimum atomic E-state index is 0.107. The van der Waals surface area contributed by atoms with Crippen LogP contribution in [0.15, 0.2) is 12.1 Å². The first-order valence-electron chi connectivity index (χ1n) is 4.81. The van der Waals surface area contributed by atoms with Gasteiger partial charge in [0.2, 0.25) is 5.88 Å². The van der Waals surface area contributed by atoms with E-state index in [1.54, 1.807) is 0 Å². The Morgan fingerprint density at radius 3 is 2.67 bits per heavy atom. The first-order chi connectivity index (χ1) is 7.02. The van der Waals surface area contributed by atoms with E-state index in [0.29, 0.717) is 10.9 Å². The van der Waals surface area contributed by atoms with E-state index >= 15 is 0 Å². The summed E-state index contributed by atoms with van der Waals surface area (Å²) in [5, 5.41) is 8.27. The number of pyridine rings is 1. The van der Waals surface area contributed by atoms with Crippen molar-refractivity contribution in [1.29, 1.82) is 5.41 Å². The molecule has 0 amide bonds. The summed E-state index contributed by atoms with van der Waals surface area (Å²) in [7, 11) is 0. The zero-order valence-electron chi connectivity index (χ0n) is 9.50. The van der Waals surface area contributed by atoms with Gasteiger partial charge in [0.1, 0.15) is 0 Å². The molecule has 0 unspecified atom stereocenters. The van der Waals surface area contributed by atoms with Gasteiger partial charge >= 0.3 is 0 Å². The lowest BCUT2D eigenvalue weighted by Crippen LogP contribution is -2.08. The van der Waals surface area contributed by atoms with Crippen molar-refractivity contribution in [3.8, 4) is 5.88 Å². The van der Waals surface area contributed by atoms with Gasteiger partial charge in [-0.1, -0.05) is 0 Å². The lowest BCUT2D eigenvalue weighted by Gasteiger charge is -2.10. The predicted octanol–water partition coefficient (Wildman–Crippen LogP) is 2.87. The van der Waals surface area contributed by atoms with Gasteiger partial charge < -0.3 is 4.74 Å². The second kappa shape index (κ2) is 5.16. The largest absolute Gasteiger partial charge is 0.475 e. The molecule has 15 heavy (non-hydrogen) atoms. The number of aromatic nitrogens is 1. The maximum Gasteiger partial charge on any atom is 0.214 e. The van der Waals surface area contributed by atoms with Gasteiger partial charge in [0.15, 0.2) is 0 Å². The maximum atomic E-state index is 7.73. The monoisotopic (exact) mass is 224 g/mol. The molecule has 0 saturated heterocycles. The van der Waals surface area contributed by atoms with E-state index in [4.69, 9.17) is 10.1 Å². The van der Waals surface area contributed by atoms with Crippen LogP contribution in [0.2, 0.25) is 0 Å². The van der Waals surface area contributed by atoms with Crippen molar-refractivity contribution in [2.75, 3.05) is 6.26 Å². The minimum absolute atomic E-state index is 0.107. The predicted molar refractivity (Wildman–Crippen MR) is 65.1 cm³/mol. The normalized spacial score (nSPS) is 10.5. The van der Waals surface area contributed by atoms with E-state index < -0.39 is 0 Å². The van der Waals surface area contributed by atoms with Gasteiger partial charge in [0.05, 0.1) is 11.1 Å². The second-order valence-corrected chi connectivity index (χ2v) is 4.35. The van der Waals surface area contributed by atoms with Gasteiger partial charge in [-0.15, -0.1) is 11.8 Å². The molecule has 0 saturated carbocycles. The van der Waals surface area contributed by atoms with Crippen LogP contribution in [-0.4, -0.2) is 22.4 Å². The highest BCUT2D eigenvalue weighted by atomic mass is 32.2. The third-order valence-corrected chi connectivity index (χ3v) is 2.40. The second-order valence-electron chi connectivity index (χ2n) is 3.54. The molecular formula is C11H16N2OS. The van der Waals surface area contributed by atoms with Crippen LogP contribution in [0.4, 0.5) is 0 Å². The van der Waals surface area contributed by atoms with Crippen molar-refractivity contribution in [2.45, 2.75) is 26.9 Å². The number of ether oxygens (including phenoxy) is 1. The average molecular weight is 224 g/mol. The fourth-order valence-electron chi connectivity index (χ4n) is 1.19. The zero-order chi connectivity index (χ0) is 11.4. The van der Waals surface area contributed by atoms with Crippen molar-refractivity contribution < 1.29 is 4.74 Å². The van der Waals surface area contributed by atoms with Crippen LogP contribution in [0.3, 0.4) is 0 Å². The molecule has 1 aromatic rings. The van der Waals surface area contributed by atoms with Crippen molar-refractivity contribution in [3.63, 3.8) is 0 Å². The molecule has 0 atom stereocenters. The summed E-state index contributed by atoms with van der Waals surface area (Å²) in [4.78, 5) is 4.26. The molecule has 0 fully saturated rings. The molecule has 1 heterocycles. The Labute approximate surface area is 94.8 Å². The third-order valence-electron chi connectivity index (χ3n) is 1.75. The Bertz CT molecular complexity index is 364. The number of rotatable bonds is 3. The zero-order valence-corrected chi connectivity index (χ0v) is 10.3. The van der Waals surface area contributed by atoms with E-state index in [0.717, 1.165) is 11.3 Å². The van der Waals surface area contributed by atoms with Gasteiger partial charge in [-0.3, -0.25) is 5.41 Å². The van der Waals surface area contributed by atoms with Crippen molar-refractivity contribution >= 4 is 16.8 Å². The molecule has 0 radical (unpaired) electrons. The number of hydrogen-bond donors (Lipinski definition) is 1. The van der Waals surface area contributed by atoms with Crippen LogP contribution in [0, 0.1) is 12.3 Å². The number of nitrogens with one attached hydrogen (secondary N) is 1. The van der Waals surface area contributed by atoms with Gasteiger partial charge in [-0.05, 0) is 33.1 Å². The molecule has 0 aromatic carbocycles. The fourth-order valence-corrected chi connectivity index (χ4v) is 1.54. The van der Waals surface area contributed by atoms with Crippen LogP contribution < -0.4 is 4.74 Å². The van der Waals surface area contributed by atoms with Crippen molar-refractivity contribution in [1.82, 2.24) is 4.98 Å². The summed E-state index contributed by atoms with van der Waals surface area (Å²) in [6.07, 6.45) is 2.00. The SMILES string of the molecule is CSC(=N)c1cc(C)nc(OC(C)C)c1. The minimum Gasteiger partial charge on any atom is -0.475 e. The van der Waals surface area contributed by atoms with Crippen molar-refractivity contribution in [3.05, 3.63) is 23.4 Å². The molecule has 1 rings (SSSR count). The van der Waals surface area contributed by atoms with Gasteiger partial charge in [0.25, 0.3) is 0 Å². The summed E-state index contributed by atoms with van der Waals surface area (Å²) in [5.41, 5.74) is 1.74. The summed E-state index contributed by atoms with van der Waals surface area (Å²) in [6, 6.07) is 3.71. The molecule has 1 N–H and O–H groups in total. The van der Waals surface area contributed by atoms with Gasteiger partial charge in [-0.2, -0.15) is 0 Å². The molecule has 82 valence electrons. The highest BCUT2D eigenvalue weighted by molar-refractivity contribution is 8.13. The average Bonchev–Trinajstić information content (AvgIpc) is 2.14. The topological polar surface area (TPSA) is 46.0 Å². The summed E-state index contributed by atoms with van der Waals surface area (Å²) >= 11 is 1.41. The molecule has 0 aliphatic heterocycles.